The van der Waals surface area contributed by atoms with Crippen molar-refractivity contribution in [2.24, 2.45) is 11.8 Å². The maximum atomic E-state index is 12.3. The molecule has 0 spiro atoms. The topological polar surface area (TPSA) is 62.6 Å². The van der Waals surface area contributed by atoms with Crippen molar-refractivity contribution in [3.63, 3.8) is 0 Å². The predicted molar refractivity (Wildman–Crippen MR) is 91.7 cm³/mol. The molecule has 0 aromatic carbocycles. The second-order valence-electron chi connectivity index (χ2n) is 7.30. The molecule has 2 fully saturated rings. The molecular weight excluding hydrogens is 304 g/mol. The summed E-state index contributed by atoms with van der Waals surface area (Å²) in [6.45, 7) is 4.17. The summed E-state index contributed by atoms with van der Waals surface area (Å²) in [6, 6.07) is 1.79. The second kappa shape index (κ2) is 7.86. The molecule has 1 aromatic rings. The van der Waals surface area contributed by atoms with Crippen LogP contribution in [0, 0.1) is 18.8 Å². The van der Waals surface area contributed by atoms with Crippen LogP contribution in [0.25, 0.3) is 0 Å². The van der Waals surface area contributed by atoms with Crippen LogP contribution in [-0.2, 0) is 4.79 Å². The van der Waals surface area contributed by atoms with Gasteiger partial charge in [0.15, 0.2) is 5.76 Å². The lowest BCUT2D eigenvalue weighted by Gasteiger charge is -2.33. The summed E-state index contributed by atoms with van der Waals surface area (Å²) in [5, 5.41) is 2.96. The number of aryl methyl sites for hydroxylation is 1. The maximum Gasteiger partial charge on any atom is 0.287 e. The van der Waals surface area contributed by atoms with E-state index in [0.717, 1.165) is 43.8 Å². The van der Waals surface area contributed by atoms with Gasteiger partial charge in [-0.1, -0.05) is 19.3 Å². The highest BCUT2D eigenvalue weighted by Crippen LogP contribution is 2.30. The van der Waals surface area contributed by atoms with Crippen LogP contribution in [-0.4, -0.2) is 36.3 Å². The number of furan rings is 1. The minimum atomic E-state index is -0.142. The van der Waals surface area contributed by atoms with Gasteiger partial charge in [0.05, 0.1) is 6.26 Å². The van der Waals surface area contributed by atoms with Crippen molar-refractivity contribution in [3.05, 3.63) is 23.7 Å². The molecule has 5 heteroatoms. The van der Waals surface area contributed by atoms with E-state index in [-0.39, 0.29) is 5.91 Å². The molecule has 0 unspecified atom stereocenters. The lowest BCUT2D eigenvalue weighted by atomic mass is 9.82. The Bertz CT molecular complexity index is 569. The quantitative estimate of drug-likeness (QED) is 0.870. The van der Waals surface area contributed by atoms with Gasteiger partial charge in [-0.2, -0.15) is 0 Å². The number of nitrogens with zero attached hydrogens (tertiary/aromatic N) is 1. The van der Waals surface area contributed by atoms with E-state index in [1.165, 1.54) is 25.5 Å². The Morgan fingerprint density at radius 1 is 1.21 bits per heavy atom. The van der Waals surface area contributed by atoms with E-state index in [4.69, 9.17) is 4.42 Å². The fourth-order valence-corrected chi connectivity index (χ4v) is 3.58. The molecule has 0 atom stereocenters. The normalized spacial score (nSPS) is 19.1. The first kappa shape index (κ1) is 17.1. The Labute approximate surface area is 143 Å². The molecule has 2 heterocycles. The molecule has 1 aliphatic carbocycles. The molecule has 132 valence electrons. The Morgan fingerprint density at radius 3 is 2.54 bits per heavy atom. The molecule has 1 N–H and O–H groups in total. The summed E-state index contributed by atoms with van der Waals surface area (Å²) in [4.78, 5) is 26.3. The Morgan fingerprint density at radius 2 is 1.96 bits per heavy atom. The Kier molecular flexibility index (Phi) is 5.59. The SMILES string of the molecule is Cc1ccoc1C(=O)NCC1CCN(C(=O)CCC2CCC2)CC1. The van der Waals surface area contributed by atoms with E-state index in [0.29, 0.717) is 30.6 Å². The summed E-state index contributed by atoms with van der Waals surface area (Å²) < 4.78 is 5.21. The standard InChI is InChI=1S/C19H28N2O3/c1-14-9-12-24-18(14)19(23)20-13-16-7-10-21(11-8-16)17(22)6-5-15-3-2-4-15/h9,12,15-16H,2-8,10-11,13H2,1H3,(H,20,23). The third-order valence-electron chi connectivity index (χ3n) is 5.58. The second-order valence-corrected chi connectivity index (χ2v) is 7.30. The zero-order valence-corrected chi connectivity index (χ0v) is 14.6. The van der Waals surface area contributed by atoms with Gasteiger partial charge in [0.1, 0.15) is 0 Å². The van der Waals surface area contributed by atoms with Crippen molar-refractivity contribution in [2.45, 2.75) is 51.9 Å². The zero-order valence-electron chi connectivity index (χ0n) is 14.6. The van der Waals surface area contributed by atoms with Gasteiger partial charge in [0.2, 0.25) is 5.91 Å². The number of carbonyl (C=O) groups is 2. The summed E-state index contributed by atoms with van der Waals surface area (Å²) in [6.07, 6.45) is 9.21. The van der Waals surface area contributed by atoms with E-state index >= 15 is 0 Å². The molecule has 2 amide bonds. The van der Waals surface area contributed by atoms with Crippen LogP contribution in [0.4, 0.5) is 0 Å². The highest BCUT2D eigenvalue weighted by molar-refractivity contribution is 5.92. The van der Waals surface area contributed by atoms with Crippen LogP contribution in [0.1, 0.15) is 61.1 Å². The summed E-state index contributed by atoms with van der Waals surface area (Å²) >= 11 is 0. The van der Waals surface area contributed by atoms with Crippen molar-refractivity contribution in [3.8, 4) is 0 Å². The lowest BCUT2D eigenvalue weighted by molar-refractivity contribution is -0.133. The van der Waals surface area contributed by atoms with E-state index in [1.54, 1.807) is 6.07 Å². The first-order valence-corrected chi connectivity index (χ1v) is 9.23. The first-order chi connectivity index (χ1) is 11.6. The van der Waals surface area contributed by atoms with Gasteiger partial charge in [0, 0.05) is 31.6 Å². The van der Waals surface area contributed by atoms with Crippen molar-refractivity contribution in [1.82, 2.24) is 10.2 Å². The van der Waals surface area contributed by atoms with Crippen molar-refractivity contribution in [1.29, 1.82) is 0 Å². The van der Waals surface area contributed by atoms with Crippen molar-refractivity contribution in [2.75, 3.05) is 19.6 Å². The van der Waals surface area contributed by atoms with Gasteiger partial charge in [-0.05, 0) is 44.1 Å². The van der Waals surface area contributed by atoms with Crippen LogP contribution in [0.15, 0.2) is 16.7 Å². The van der Waals surface area contributed by atoms with Crippen molar-refractivity contribution < 1.29 is 14.0 Å². The van der Waals surface area contributed by atoms with Crippen LogP contribution >= 0.6 is 0 Å². The summed E-state index contributed by atoms with van der Waals surface area (Å²) in [5.41, 5.74) is 0.861. The number of rotatable bonds is 6. The first-order valence-electron chi connectivity index (χ1n) is 9.23. The minimum Gasteiger partial charge on any atom is -0.459 e. The molecule has 0 bridgehead atoms. The molecule has 1 saturated heterocycles. The minimum absolute atomic E-state index is 0.142. The molecule has 3 rings (SSSR count). The van der Waals surface area contributed by atoms with E-state index in [9.17, 15) is 9.59 Å². The van der Waals surface area contributed by atoms with E-state index in [1.807, 2.05) is 11.8 Å². The lowest BCUT2D eigenvalue weighted by Crippen LogP contribution is -2.41. The third kappa shape index (κ3) is 4.19. The Balaban J connectivity index is 1.35. The average molecular weight is 332 g/mol. The van der Waals surface area contributed by atoms with Gasteiger partial charge < -0.3 is 14.6 Å². The number of hydrogen-bond acceptors (Lipinski definition) is 3. The van der Waals surface area contributed by atoms with Crippen molar-refractivity contribution >= 4 is 11.8 Å². The van der Waals surface area contributed by atoms with Crippen LogP contribution in [0.3, 0.4) is 0 Å². The fourth-order valence-electron chi connectivity index (χ4n) is 3.58. The number of amides is 2. The third-order valence-corrected chi connectivity index (χ3v) is 5.58. The smallest absolute Gasteiger partial charge is 0.287 e. The predicted octanol–water partition coefficient (Wildman–Crippen LogP) is 3.14. The number of piperidine rings is 1. The molecular formula is C19H28N2O3. The Hall–Kier alpha value is -1.78. The fraction of sp³-hybridized carbons (Fsp3) is 0.684. The molecule has 2 aliphatic rings. The number of likely N-dealkylation sites (tertiary alicyclic amines) is 1. The van der Waals surface area contributed by atoms with Gasteiger partial charge in [-0.25, -0.2) is 0 Å². The number of hydrogen-bond donors (Lipinski definition) is 1. The molecule has 5 nitrogen and oxygen atoms in total. The molecule has 1 aromatic heterocycles. The number of carbonyl (C=O) groups excluding carboxylic acids is 2. The highest BCUT2D eigenvalue weighted by Gasteiger charge is 2.25. The zero-order chi connectivity index (χ0) is 16.9. The van der Waals surface area contributed by atoms with Crippen LogP contribution in [0.5, 0.6) is 0 Å². The molecule has 1 aliphatic heterocycles. The van der Waals surface area contributed by atoms with Gasteiger partial charge >= 0.3 is 0 Å². The molecule has 0 radical (unpaired) electrons. The van der Waals surface area contributed by atoms with Gasteiger partial charge in [-0.15, -0.1) is 0 Å². The largest absolute Gasteiger partial charge is 0.459 e. The number of nitrogens with one attached hydrogen (secondary N) is 1. The van der Waals surface area contributed by atoms with Gasteiger partial charge in [0.25, 0.3) is 5.91 Å². The molecule has 1 saturated carbocycles. The summed E-state index contributed by atoms with van der Waals surface area (Å²) in [7, 11) is 0. The highest BCUT2D eigenvalue weighted by atomic mass is 16.3. The van der Waals surface area contributed by atoms with Crippen LogP contribution < -0.4 is 5.32 Å². The monoisotopic (exact) mass is 332 g/mol. The van der Waals surface area contributed by atoms with Gasteiger partial charge in [-0.3, -0.25) is 9.59 Å². The maximum absolute atomic E-state index is 12.3. The molecule has 24 heavy (non-hydrogen) atoms. The van der Waals surface area contributed by atoms with E-state index < -0.39 is 0 Å². The average Bonchev–Trinajstić information content (AvgIpc) is 2.97. The van der Waals surface area contributed by atoms with Crippen LogP contribution in [0.2, 0.25) is 0 Å². The van der Waals surface area contributed by atoms with E-state index in [2.05, 4.69) is 5.32 Å². The summed E-state index contributed by atoms with van der Waals surface area (Å²) in [5.74, 6) is 1.82.